The van der Waals surface area contributed by atoms with Gasteiger partial charge in [0.05, 0.1) is 6.26 Å². The van der Waals surface area contributed by atoms with Crippen LogP contribution in [0.3, 0.4) is 0 Å². The topological polar surface area (TPSA) is 109 Å². The molecule has 0 radical (unpaired) electrons. The maximum absolute atomic E-state index is 11.6. The van der Waals surface area contributed by atoms with Crippen LogP contribution in [0.2, 0.25) is 0 Å². The van der Waals surface area contributed by atoms with Gasteiger partial charge in [0.1, 0.15) is 5.69 Å². The van der Waals surface area contributed by atoms with E-state index < -0.39 is 10.8 Å². The summed E-state index contributed by atoms with van der Waals surface area (Å²) in [6.45, 7) is 5.56. The molecule has 0 spiro atoms. The number of piperazine rings is 1. The fourth-order valence-electron chi connectivity index (χ4n) is 4.08. The zero-order valence-electron chi connectivity index (χ0n) is 19.3. The quantitative estimate of drug-likeness (QED) is 0.424. The molecule has 0 saturated carbocycles. The first-order valence-electron chi connectivity index (χ1n) is 11.2. The molecule has 2 N–H and O–H groups in total. The van der Waals surface area contributed by atoms with Crippen molar-refractivity contribution in [3.05, 3.63) is 48.7 Å². The van der Waals surface area contributed by atoms with Gasteiger partial charge in [0.2, 0.25) is 11.9 Å². The zero-order chi connectivity index (χ0) is 23.7. The second-order valence-electron chi connectivity index (χ2n) is 8.36. The van der Waals surface area contributed by atoms with Gasteiger partial charge < -0.3 is 20.0 Å². The molecule has 1 aromatic carbocycles. The van der Waals surface area contributed by atoms with Crippen LogP contribution in [0.1, 0.15) is 0 Å². The highest BCUT2D eigenvalue weighted by Gasteiger charge is 2.19. The van der Waals surface area contributed by atoms with Crippen LogP contribution in [0.5, 0.6) is 0 Å². The van der Waals surface area contributed by atoms with E-state index in [1.165, 1.54) is 10.2 Å². The molecule has 1 aliphatic heterocycles. The molecule has 1 fully saturated rings. The number of nitrogens with zero attached hydrogens (tertiary/aromatic N) is 7. The normalized spacial score (nSPS) is 15.6. The van der Waals surface area contributed by atoms with Crippen LogP contribution in [0, 0.1) is 0 Å². The minimum atomic E-state index is -0.945. The lowest BCUT2D eigenvalue weighted by Crippen LogP contribution is -2.48. The maximum Gasteiger partial charge on any atom is 0.230 e. The van der Waals surface area contributed by atoms with E-state index in [0.717, 1.165) is 44.2 Å². The lowest BCUT2D eigenvalue weighted by Gasteiger charge is -2.36. The van der Waals surface area contributed by atoms with Crippen molar-refractivity contribution >= 4 is 34.0 Å². The molecule has 3 aromatic heterocycles. The predicted octanol–water partition coefficient (Wildman–Crippen LogP) is 1.96. The molecule has 11 heteroatoms. The predicted molar refractivity (Wildman–Crippen MR) is 134 cm³/mol. The summed E-state index contributed by atoms with van der Waals surface area (Å²) in [5.41, 5.74) is 8.63. The smallest absolute Gasteiger partial charge is 0.230 e. The fourth-order valence-corrected chi connectivity index (χ4v) is 4.60. The number of furan rings is 1. The summed E-state index contributed by atoms with van der Waals surface area (Å²) >= 11 is 0. The van der Waals surface area contributed by atoms with Crippen molar-refractivity contribution in [1.29, 1.82) is 0 Å². The molecule has 0 amide bonds. The standard InChI is InChI=1S/C23H28N8O2S/c1-28(23-25-21-16-19(20-4-3-15-33-20)27-31(21)22(24)26-23)9-10-29-11-13-30(14-12-29)17-5-7-18(8-6-17)34(2)32/h3-8,15-16H,9-14H2,1-2H3,(H2,24,25,26). The molecule has 1 atom stereocenters. The number of likely N-dealkylation sites (N-methyl/N-ethyl adjacent to an activating group) is 1. The van der Waals surface area contributed by atoms with Gasteiger partial charge in [-0.15, -0.1) is 0 Å². The van der Waals surface area contributed by atoms with E-state index in [1.807, 2.05) is 42.3 Å². The number of rotatable bonds is 7. The van der Waals surface area contributed by atoms with Crippen LogP contribution in [-0.4, -0.2) is 81.3 Å². The molecule has 0 aliphatic carbocycles. The zero-order valence-corrected chi connectivity index (χ0v) is 20.1. The van der Waals surface area contributed by atoms with Crippen molar-refractivity contribution in [2.45, 2.75) is 4.90 Å². The van der Waals surface area contributed by atoms with Crippen molar-refractivity contribution in [2.75, 3.05) is 68.1 Å². The summed E-state index contributed by atoms with van der Waals surface area (Å²) < 4.78 is 18.6. The Hall–Kier alpha value is -3.44. The number of hydrogen-bond acceptors (Lipinski definition) is 9. The SMILES string of the molecule is CN(CCN1CCN(c2ccc(S(C)=O)cc2)CC1)c1nc(N)n2nc(-c3ccco3)cc2n1. The van der Waals surface area contributed by atoms with Crippen molar-refractivity contribution < 1.29 is 8.63 Å². The molecule has 0 bridgehead atoms. The molecule has 4 heterocycles. The lowest BCUT2D eigenvalue weighted by atomic mass is 10.2. The molecule has 10 nitrogen and oxygen atoms in total. The van der Waals surface area contributed by atoms with E-state index in [1.54, 1.807) is 12.5 Å². The van der Waals surface area contributed by atoms with Crippen LogP contribution in [0.15, 0.2) is 58.0 Å². The number of nitrogen functional groups attached to an aromatic ring is 1. The van der Waals surface area contributed by atoms with E-state index in [4.69, 9.17) is 10.2 Å². The molecular weight excluding hydrogens is 452 g/mol. The summed E-state index contributed by atoms with van der Waals surface area (Å²) in [6, 6.07) is 13.5. The van der Waals surface area contributed by atoms with E-state index >= 15 is 0 Å². The number of anilines is 3. The summed E-state index contributed by atoms with van der Waals surface area (Å²) in [5, 5.41) is 4.45. The summed E-state index contributed by atoms with van der Waals surface area (Å²) in [6.07, 6.45) is 3.31. The van der Waals surface area contributed by atoms with Crippen LogP contribution in [0.25, 0.3) is 17.1 Å². The minimum absolute atomic E-state index is 0.288. The largest absolute Gasteiger partial charge is 0.463 e. The second-order valence-corrected chi connectivity index (χ2v) is 9.74. The molecule has 1 saturated heterocycles. The highest BCUT2D eigenvalue weighted by molar-refractivity contribution is 7.84. The number of hydrogen-bond donors (Lipinski definition) is 1. The Morgan fingerprint density at radius 3 is 2.56 bits per heavy atom. The molecule has 34 heavy (non-hydrogen) atoms. The minimum Gasteiger partial charge on any atom is -0.463 e. The van der Waals surface area contributed by atoms with Gasteiger partial charge in [0.25, 0.3) is 0 Å². The average Bonchev–Trinajstić information content (AvgIpc) is 3.53. The van der Waals surface area contributed by atoms with Crippen LogP contribution >= 0.6 is 0 Å². The third-order valence-corrected chi connectivity index (χ3v) is 7.05. The Labute approximate surface area is 200 Å². The van der Waals surface area contributed by atoms with Gasteiger partial charge in [-0.1, -0.05) is 0 Å². The first-order valence-corrected chi connectivity index (χ1v) is 12.7. The van der Waals surface area contributed by atoms with Gasteiger partial charge in [-0.3, -0.25) is 9.11 Å². The van der Waals surface area contributed by atoms with Gasteiger partial charge in [0.15, 0.2) is 11.4 Å². The van der Waals surface area contributed by atoms with Crippen LogP contribution in [0.4, 0.5) is 17.6 Å². The molecule has 1 unspecified atom stereocenters. The third kappa shape index (κ3) is 4.62. The Morgan fingerprint density at radius 1 is 1.12 bits per heavy atom. The first kappa shape index (κ1) is 22.4. The van der Waals surface area contributed by atoms with Crippen molar-refractivity contribution in [2.24, 2.45) is 0 Å². The van der Waals surface area contributed by atoms with Gasteiger partial charge in [-0.05, 0) is 36.4 Å². The molecular formula is C23H28N8O2S. The van der Waals surface area contributed by atoms with Gasteiger partial charge in [-0.25, -0.2) is 0 Å². The van der Waals surface area contributed by atoms with Crippen molar-refractivity contribution in [3.8, 4) is 11.5 Å². The molecule has 178 valence electrons. The van der Waals surface area contributed by atoms with E-state index in [9.17, 15) is 4.21 Å². The van der Waals surface area contributed by atoms with Crippen LogP contribution in [-0.2, 0) is 10.8 Å². The Morgan fingerprint density at radius 2 is 1.88 bits per heavy atom. The first-order chi connectivity index (χ1) is 16.5. The Bertz CT molecular complexity index is 1280. The maximum atomic E-state index is 11.6. The monoisotopic (exact) mass is 480 g/mol. The highest BCUT2D eigenvalue weighted by Crippen LogP contribution is 2.22. The summed E-state index contributed by atoms with van der Waals surface area (Å²) in [7, 11) is 1.03. The van der Waals surface area contributed by atoms with Gasteiger partial charge in [-0.2, -0.15) is 19.6 Å². The summed E-state index contributed by atoms with van der Waals surface area (Å²) in [4.78, 5) is 16.8. The average molecular weight is 481 g/mol. The molecule has 5 rings (SSSR count). The number of benzene rings is 1. The molecule has 4 aromatic rings. The van der Waals surface area contributed by atoms with Gasteiger partial charge in [0, 0.05) is 80.0 Å². The third-order valence-electron chi connectivity index (χ3n) is 6.11. The molecule has 1 aliphatic rings. The van der Waals surface area contributed by atoms with Gasteiger partial charge >= 0.3 is 0 Å². The lowest BCUT2D eigenvalue weighted by molar-refractivity contribution is 0.263. The Kier molecular flexibility index (Phi) is 6.20. The van der Waals surface area contributed by atoms with Crippen molar-refractivity contribution in [3.63, 3.8) is 0 Å². The second kappa shape index (κ2) is 9.43. The summed E-state index contributed by atoms with van der Waals surface area (Å²) in [5.74, 6) is 1.52. The number of aromatic nitrogens is 4. The van der Waals surface area contributed by atoms with Crippen LogP contribution < -0.4 is 15.5 Å². The number of nitrogens with two attached hydrogens (primary N) is 1. The van der Waals surface area contributed by atoms with E-state index in [2.05, 4.69) is 37.0 Å². The van der Waals surface area contributed by atoms with E-state index in [0.29, 0.717) is 23.0 Å². The highest BCUT2D eigenvalue weighted by atomic mass is 32.2. The van der Waals surface area contributed by atoms with Crippen molar-refractivity contribution in [1.82, 2.24) is 24.5 Å². The number of fused-ring (bicyclic) bond motifs is 1. The Balaban J connectivity index is 1.18. The fraction of sp³-hybridized carbons (Fsp3) is 0.348. The van der Waals surface area contributed by atoms with E-state index in [-0.39, 0.29) is 5.95 Å².